The average molecular weight is 384 g/mol. The van der Waals surface area contributed by atoms with Crippen LogP contribution in [0, 0.1) is 0 Å². The van der Waals surface area contributed by atoms with Gasteiger partial charge in [0, 0.05) is 16.6 Å². The highest BCUT2D eigenvalue weighted by Gasteiger charge is 2.18. The number of benzene rings is 2. The van der Waals surface area contributed by atoms with Crippen molar-refractivity contribution in [2.24, 2.45) is 0 Å². The lowest BCUT2D eigenvalue weighted by Gasteiger charge is -2.13. The number of carbonyl (C=O) groups excluding carboxylic acids is 1. The van der Waals surface area contributed by atoms with Crippen LogP contribution in [0.15, 0.2) is 65.5 Å². The molecule has 27 heavy (non-hydrogen) atoms. The van der Waals surface area contributed by atoms with Crippen LogP contribution in [0.4, 0.5) is 0 Å². The van der Waals surface area contributed by atoms with E-state index in [-0.39, 0.29) is 12.2 Å². The molecule has 2 aromatic carbocycles. The molecule has 7 heteroatoms. The van der Waals surface area contributed by atoms with Gasteiger partial charge in [0.2, 0.25) is 0 Å². The zero-order valence-corrected chi connectivity index (χ0v) is 15.3. The molecular formula is C20H18ClN3O3. The second kappa shape index (κ2) is 8.16. The number of halogens is 1. The molecule has 0 aliphatic carbocycles. The Labute approximate surface area is 161 Å². The molecule has 1 amide bonds. The van der Waals surface area contributed by atoms with E-state index in [1.165, 1.54) is 10.7 Å². The number of para-hydroxylation sites is 1. The van der Waals surface area contributed by atoms with Crippen molar-refractivity contribution in [3.8, 4) is 16.9 Å². The third-order valence-corrected chi connectivity index (χ3v) is 4.20. The van der Waals surface area contributed by atoms with E-state index in [1.54, 1.807) is 55.5 Å². The first-order valence-corrected chi connectivity index (χ1v) is 8.75. The van der Waals surface area contributed by atoms with Crippen molar-refractivity contribution >= 4 is 17.5 Å². The van der Waals surface area contributed by atoms with Crippen molar-refractivity contribution < 1.29 is 9.90 Å². The number of carbonyl (C=O) groups is 1. The Kier molecular flexibility index (Phi) is 5.69. The highest BCUT2D eigenvalue weighted by Crippen LogP contribution is 2.20. The normalized spacial score (nSPS) is 11.8. The molecule has 0 radical (unpaired) electrons. The number of hydrogen-bond acceptors (Lipinski definition) is 4. The van der Waals surface area contributed by atoms with Crippen molar-refractivity contribution in [3.63, 3.8) is 0 Å². The van der Waals surface area contributed by atoms with Gasteiger partial charge in [0.15, 0.2) is 0 Å². The third-order valence-electron chi connectivity index (χ3n) is 3.95. The zero-order chi connectivity index (χ0) is 19.4. The number of nitrogens with zero attached hydrogens (tertiary/aromatic N) is 2. The number of aliphatic hydroxyl groups is 1. The van der Waals surface area contributed by atoms with Crippen LogP contribution in [0.3, 0.4) is 0 Å². The fourth-order valence-electron chi connectivity index (χ4n) is 2.51. The summed E-state index contributed by atoms with van der Waals surface area (Å²) in [5.74, 6) is -0.566. The van der Waals surface area contributed by atoms with Gasteiger partial charge in [-0.3, -0.25) is 9.59 Å². The van der Waals surface area contributed by atoms with Gasteiger partial charge in [-0.1, -0.05) is 41.9 Å². The van der Waals surface area contributed by atoms with E-state index in [2.05, 4.69) is 10.4 Å². The Hall–Kier alpha value is -2.96. The van der Waals surface area contributed by atoms with Crippen LogP contribution in [0.5, 0.6) is 0 Å². The Morgan fingerprint density at radius 1 is 1.19 bits per heavy atom. The predicted molar refractivity (Wildman–Crippen MR) is 104 cm³/mol. The van der Waals surface area contributed by atoms with Crippen LogP contribution in [-0.2, 0) is 0 Å². The summed E-state index contributed by atoms with van der Waals surface area (Å²) < 4.78 is 1.20. The van der Waals surface area contributed by atoms with Gasteiger partial charge in [-0.15, -0.1) is 0 Å². The zero-order valence-electron chi connectivity index (χ0n) is 14.6. The molecule has 0 aliphatic heterocycles. The minimum Gasteiger partial charge on any atom is -0.394 e. The van der Waals surface area contributed by atoms with Gasteiger partial charge >= 0.3 is 0 Å². The fraction of sp³-hybridized carbons (Fsp3) is 0.150. The number of amides is 1. The van der Waals surface area contributed by atoms with Crippen LogP contribution in [0.25, 0.3) is 16.9 Å². The number of nitrogens with one attached hydrogen (secondary N) is 1. The quantitative estimate of drug-likeness (QED) is 0.709. The van der Waals surface area contributed by atoms with E-state index in [4.69, 9.17) is 16.7 Å². The first-order valence-electron chi connectivity index (χ1n) is 8.37. The fourth-order valence-corrected chi connectivity index (χ4v) is 2.64. The summed E-state index contributed by atoms with van der Waals surface area (Å²) in [6, 6.07) is 16.8. The first-order chi connectivity index (χ1) is 13.0. The lowest BCUT2D eigenvalue weighted by atomic mass is 10.1. The van der Waals surface area contributed by atoms with Gasteiger partial charge < -0.3 is 10.4 Å². The molecular weight excluding hydrogens is 366 g/mol. The summed E-state index contributed by atoms with van der Waals surface area (Å²) in [4.78, 5) is 25.4. The minimum absolute atomic E-state index is 0.0564. The van der Waals surface area contributed by atoms with E-state index in [0.717, 1.165) is 0 Å². The Bertz CT molecular complexity index is 1000. The summed E-state index contributed by atoms with van der Waals surface area (Å²) in [5.41, 5.74) is 1.12. The monoisotopic (exact) mass is 383 g/mol. The molecule has 3 rings (SSSR count). The molecule has 0 spiro atoms. The Morgan fingerprint density at radius 3 is 2.48 bits per heavy atom. The van der Waals surface area contributed by atoms with Crippen LogP contribution in [-0.4, -0.2) is 33.4 Å². The van der Waals surface area contributed by atoms with Crippen LogP contribution < -0.4 is 10.9 Å². The molecule has 2 N–H and O–H groups in total. The summed E-state index contributed by atoms with van der Waals surface area (Å²) in [6.07, 6.45) is 0. The highest BCUT2D eigenvalue weighted by molar-refractivity contribution is 6.30. The van der Waals surface area contributed by atoms with Gasteiger partial charge in [0.1, 0.15) is 5.56 Å². The van der Waals surface area contributed by atoms with Crippen molar-refractivity contribution in [3.05, 3.63) is 81.6 Å². The second-order valence-corrected chi connectivity index (χ2v) is 6.50. The van der Waals surface area contributed by atoms with Gasteiger partial charge in [-0.05, 0) is 37.3 Å². The first kappa shape index (κ1) is 18.8. The molecule has 1 heterocycles. The molecule has 0 aliphatic rings. The maximum atomic E-state index is 12.9. The average Bonchev–Trinajstić information content (AvgIpc) is 2.69. The number of hydrogen-bond donors (Lipinski definition) is 2. The summed E-state index contributed by atoms with van der Waals surface area (Å²) in [5, 5.41) is 16.8. The number of aromatic nitrogens is 2. The molecule has 0 bridgehead atoms. The van der Waals surface area contributed by atoms with E-state index < -0.39 is 17.5 Å². The van der Waals surface area contributed by atoms with Gasteiger partial charge in [0.25, 0.3) is 11.5 Å². The van der Waals surface area contributed by atoms with E-state index in [9.17, 15) is 9.59 Å². The van der Waals surface area contributed by atoms with Crippen LogP contribution in [0.2, 0.25) is 5.02 Å². The van der Waals surface area contributed by atoms with Crippen molar-refractivity contribution in [2.75, 3.05) is 6.61 Å². The van der Waals surface area contributed by atoms with Crippen LogP contribution in [0.1, 0.15) is 17.3 Å². The molecule has 3 aromatic rings. The van der Waals surface area contributed by atoms with Gasteiger partial charge in [0.05, 0.1) is 18.0 Å². The molecule has 0 unspecified atom stereocenters. The lowest BCUT2D eigenvalue weighted by molar-refractivity contribution is 0.0920. The molecule has 0 saturated carbocycles. The third kappa shape index (κ3) is 4.24. The molecule has 0 fully saturated rings. The Balaban J connectivity index is 2.17. The summed E-state index contributed by atoms with van der Waals surface area (Å²) in [6.45, 7) is 1.42. The van der Waals surface area contributed by atoms with E-state index >= 15 is 0 Å². The predicted octanol–water partition coefficient (Wildman–Crippen LogP) is 2.66. The topological polar surface area (TPSA) is 84.2 Å². The molecule has 1 atom stereocenters. The maximum absolute atomic E-state index is 12.9. The van der Waals surface area contributed by atoms with Gasteiger partial charge in [-0.25, -0.2) is 0 Å². The second-order valence-electron chi connectivity index (χ2n) is 6.06. The van der Waals surface area contributed by atoms with Crippen molar-refractivity contribution in [1.29, 1.82) is 0 Å². The smallest absolute Gasteiger partial charge is 0.284 e. The molecule has 0 saturated heterocycles. The maximum Gasteiger partial charge on any atom is 0.284 e. The molecule has 1 aromatic heterocycles. The standard InChI is InChI=1S/C20H18ClN3O3/c1-13(12-25)22-19(26)17-11-18(14-7-9-15(21)10-8-14)23-24(20(17)27)16-5-3-2-4-6-16/h2-11,13,25H,12H2,1H3,(H,22,26)/t13-/m0/s1. The van der Waals surface area contributed by atoms with Crippen molar-refractivity contribution in [1.82, 2.24) is 15.1 Å². The molecule has 138 valence electrons. The highest BCUT2D eigenvalue weighted by atomic mass is 35.5. The lowest BCUT2D eigenvalue weighted by Crippen LogP contribution is -2.39. The van der Waals surface area contributed by atoms with Gasteiger partial charge in [-0.2, -0.15) is 9.78 Å². The number of aliphatic hydroxyl groups excluding tert-OH is 1. The van der Waals surface area contributed by atoms with Crippen molar-refractivity contribution in [2.45, 2.75) is 13.0 Å². The van der Waals surface area contributed by atoms with Crippen LogP contribution >= 0.6 is 11.6 Å². The number of rotatable bonds is 5. The van der Waals surface area contributed by atoms with E-state index in [1.807, 2.05) is 6.07 Å². The summed E-state index contributed by atoms with van der Waals surface area (Å²) >= 11 is 5.94. The SMILES string of the molecule is C[C@@H](CO)NC(=O)c1cc(-c2ccc(Cl)cc2)nn(-c2ccccc2)c1=O. The van der Waals surface area contributed by atoms with E-state index in [0.29, 0.717) is 22.0 Å². The largest absolute Gasteiger partial charge is 0.394 e. The summed E-state index contributed by atoms with van der Waals surface area (Å²) in [7, 11) is 0. The minimum atomic E-state index is -0.566. The molecule has 6 nitrogen and oxygen atoms in total. The Morgan fingerprint density at radius 2 is 1.85 bits per heavy atom.